The number of aryl methyl sites for hydroxylation is 1. The minimum absolute atomic E-state index is 0.123. The number of halogens is 2. The van der Waals surface area contributed by atoms with Crippen molar-refractivity contribution >= 4 is 55.6 Å². The highest BCUT2D eigenvalue weighted by Crippen LogP contribution is 2.31. The lowest BCUT2D eigenvalue weighted by molar-refractivity contribution is 0.101. The number of carbonyl (C=O) groups excluding carboxylic acids is 1. The first kappa shape index (κ1) is 12.9. The van der Waals surface area contributed by atoms with Crippen molar-refractivity contribution in [2.24, 2.45) is 0 Å². The lowest BCUT2D eigenvalue weighted by Gasteiger charge is -1.94. The first-order valence-corrected chi connectivity index (χ1v) is 7.53. The average Bonchev–Trinajstić information content (AvgIpc) is 2.93. The van der Waals surface area contributed by atoms with Crippen molar-refractivity contribution in [1.82, 2.24) is 0 Å². The number of hydrogen-bond donors (Lipinski definition) is 0. The van der Waals surface area contributed by atoms with Gasteiger partial charge < -0.3 is 4.42 Å². The number of carbonyl (C=O) groups is 1. The molecule has 0 amide bonds. The molecule has 19 heavy (non-hydrogen) atoms. The molecular weight excluding hydrogens is 348 g/mol. The van der Waals surface area contributed by atoms with E-state index in [-0.39, 0.29) is 5.78 Å². The Balaban J connectivity index is 2.15. The van der Waals surface area contributed by atoms with Crippen molar-refractivity contribution in [1.29, 1.82) is 0 Å². The average molecular weight is 356 g/mol. The number of ketones is 1. The van der Waals surface area contributed by atoms with Crippen LogP contribution in [0.15, 0.2) is 39.2 Å². The molecule has 2 heterocycles. The first-order valence-electron chi connectivity index (χ1n) is 5.55. The Morgan fingerprint density at radius 3 is 2.79 bits per heavy atom. The summed E-state index contributed by atoms with van der Waals surface area (Å²) in [7, 11) is 0. The van der Waals surface area contributed by atoms with Gasteiger partial charge in [-0.15, -0.1) is 11.3 Å². The second kappa shape index (κ2) is 4.78. The van der Waals surface area contributed by atoms with Gasteiger partial charge in [-0.25, -0.2) is 0 Å². The molecule has 0 saturated carbocycles. The quantitative estimate of drug-likeness (QED) is 0.572. The third-order valence-corrected chi connectivity index (χ3v) is 4.63. The molecule has 0 bridgehead atoms. The third kappa shape index (κ3) is 2.24. The zero-order chi connectivity index (χ0) is 13.6. The molecule has 0 unspecified atom stereocenters. The molecule has 0 spiro atoms. The normalized spacial score (nSPS) is 11.1. The summed E-state index contributed by atoms with van der Waals surface area (Å²) in [6.07, 6.45) is 0. The van der Waals surface area contributed by atoms with Crippen LogP contribution < -0.4 is 0 Å². The van der Waals surface area contributed by atoms with E-state index in [9.17, 15) is 4.79 Å². The van der Waals surface area contributed by atoms with Crippen molar-refractivity contribution in [3.8, 4) is 0 Å². The standard InChI is InChI=1S/C14H8BrClO2S/c1-7-9-3-2-8(15)6-10(9)18-14(7)13(17)11-4-5-12(16)19-11/h2-6H,1H3. The maximum atomic E-state index is 12.4. The van der Waals surface area contributed by atoms with Crippen LogP contribution in [0.3, 0.4) is 0 Å². The van der Waals surface area contributed by atoms with Crippen LogP contribution in [0.4, 0.5) is 0 Å². The maximum absolute atomic E-state index is 12.4. The Labute approximate surface area is 127 Å². The summed E-state index contributed by atoms with van der Waals surface area (Å²) in [5.41, 5.74) is 1.56. The zero-order valence-electron chi connectivity index (χ0n) is 9.87. The zero-order valence-corrected chi connectivity index (χ0v) is 13.0. The number of rotatable bonds is 2. The predicted molar refractivity (Wildman–Crippen MR) is 81.4 cm³/mol. The highest BCUT2D eigenvalue weighted by molar-refractivity contribution is 9.10. The molecule has 0 fully saturated rings. The molecule has 0 saturated heterocycles. The van der Waals surface area contributed by atoms with Crippen LogP contribution in [0.2, 0.25) is 4.34 Å². The molecule has 1 aromatic carbocycles. The second-order valence-electron chi connectivity index (χ2n) is 4.13. The van der Waals surface area contributed by atoms with Gasteiger partial charge in [-0.3, -0.25) is 4.79 Å². The van der Waals surface area contributed by atoms with Crippen LogP contribution in [-0.4, -0.2) is 5.78 Å². The highest BCUT2D eigenvalue weighted by Gasteiger charge is 2.20. The van der Waals surface area contributed by atoms with E-state index in [0.717, 1.165) is 15.4 Å². The summed E-state index contributed by atoms with van der Waals surface area (Å²) < 4.78 is 7.21. The van der Waals surface area contributed by atoms with Crippen molar-refractivity contribution in [2.75, 3.05) is 0 Å². The number of thiophene rings is 1. The van der Waals surface area contributed by atoms with Crippen molar-refractivity contribution in [2.45, 2.75) is 6.92 Å². The van der Waals surface area contributed by atoms with Crippen LogP contribution in [0.5, 0.6) is 0 Å². The van der Waals surface area contributed by atoms with Gasteiger partial charge in [-0.05, 0) is 37.3 Å². The van der Waals surface area contributed by atoms with Crippen molar-refractivity contribution < 1.29 is 9.21 Å². The van der Waals surface area contributed by atoms with Gasteiger partial charge in [0.05, 0.1) is 9.21 Å². The molecule has 5 heteroatoms. The molecule has 3 aromatic rings. The van der Waals surface area contributed by atoms with Gasteiger partial charge in [0, 0.05) is 15.4 Å². The molecule has 96 valence electrons. The van der Waals surface area contributed by atoms with E-state index in [1.54, 1.807) is 12.1 Å². The van der Waals surface area contributed by atoms with Crippen LogP contribution in [0, 0.1) is 6.92 Å². The lowest BCUT2D eigenvalue weighted by atomic mass is 10.1. The maximum Gasteiger partial charge on any atom is 0.238 e. The first-order chi connectivity index (χ1) is 9.06. The van der Waals surface area contributed by atoms with E-state index >= 15 is 0 Å². The largest absolute Gasteiger partial charge is 0.452 e. The van der Waals surface area contributed by atoms with Gasteiger partial charge in [0.1, 0.15) is 5.58 Å². The smallest absolute Gasteiger partial charge is 0.238 e. The van der Waals surface area contributed by atoms with Gasteiger partial charge in [0.2, 0.25) is 5.78 Å². The Hall–Kier alpha value is -1.10. The van der Waals surface area contributed by atoms with Gasteiger partial charge >= 0.3 is 0 Å². The van der Waals surface area contributed by atoms with Crippen LogP contribution >= 0.6 is 38.9 Å². The monoisotopic (exact) mass is 354 g/mol. The predicted octanol–water partition coefficient (Wildman–Crippen LogP) is 5.45. The number of fused-ring (bicyclic) bond motifs is 1. The fraction of sp³-hybridized carbons (Fsp3) is 0.0714. The molecule has 0 N–H and O–H groups in total. The molecule has 0 aliphatic heterocycles. The van der Waals surface area contributed by atoms with Gasteiger partial charge in [-0.2, -0.15) is 0 Å². The minimum Gasteiger partial charge on any atom is -0.452 e. The molecule has 0 aliphatic carbocycles. The Bertz CT molecular complexity index is 788. The second-order valence-corrected chi connectivity index (χ2v) is 6.76. The van der Waals surface area contributed by atoms with Crippen LogP contribution in [-0.2, 0) is 0 Å². The van der Waals surface area contributed by atoms with Gasteiger partial charge in [0.15, 0.2) is 5.76 Å². The van der Waals surface area contributed by atoms with Crippen LogP contribution in [0.1, 0.15) is 21.0 Å². The molecule has 0 atom stereocenters. The molecule has 0 aliphatic rings. The van der Waals surface area contributed by atoms with E-state index in [2.05, 4.69) is 15.9 Å². The third-order valence-electron chi connectivity index (χ3n) is 2.90. The summed E-state index contributed by atoms with van der Waals surface area (Å²) in [4.78, 5) is 13.0. The van der Waals surface area contributed by atoms with Crippen molar-refractivity contribution in [3.05, 3.63) is 55.3 Å². The summed E-state index contributed by atoms with van der Waals surface area (Å²) in [5, 5.41) is 0.953. The van der Waals surface area contributed by atoms with E-state index in [0.29, 0.717) is 20.6 Å². The van der Waals surface area contributed by atoms with E-state index in [1.165, 1.54) is 11.3 Å². The molecule has 3 rings (SSSR count). The van der Waals surface area contributed by atoms with Gasteiger partial charge in [-0.1, -0.05) is 27.5 Å². The number of furan rings is 1. The number of hydrogen-bond acceptors (Lipinski definition) is 3. The molecule has 0 radical (unpaired) electrons. The van der Waals surface area contributed by atoms with E-state index < -0.39 is 0 Å². The SMILES string of the molecule is Cc1c(C(=O)c2ccc(Cl)s2)oc2cc(Br)ccc12. The van der Waals surface area contributed by atoms with E-state index in [1.807, 2.05) is 25.1 Å². The lowest BCUT2D eigenvalue weighted by Crippen LogP contribution is -1.98. The van der Waals surface area contributed by atoms with Crippen LogP contribution in [0.25, 0.3) is 11.0 Å². The molecule has 2 nitrogen and oxygen atoms in total. The minimum atomic E-state index is -0.123. The van der Waals surface area contributed by atoms with Crippen molar-refractivity contribution in [3.63, 3.8) is 0 Å². The Morgan fingerprint density at radius 1 is 1.32 bits per heavy atom. The van der Waals surface area contributed by atoms with Gasteiger partial charge in [0.25, 0.3) is 0 Å². The Morgan fingerprint density at radius 2 is 2.11 bits per heavy atom. The summed E-state index contributed by atoms with van der Waals surface area (Å²) in [5.74, 6) is 0.258. The molecule has 2 aromatic heterocycles. The molecular formula is C14H8BrClO2S. The summed E-state index contributed by atoms with van der Waals surface area (Å²) in [6, 6.07) is 9.17. The van der Waals surface area contributed by atoms with E-state index in [4.69, 9.17) is 16.0 Å². The Kier molecular flexibility index (Phi) is 3.25. The topological polar surface area (TPSA) is 30.2 Å². The number of benzene rings is 1. The summed E-state index contributed by atoms with van der Waals surface area (Å²) >= 11 is 10.5. The fourth-order valence-electron chi connectivity index (χ4n) is 1.96. The fourth-order valence-corrected chi connectivity index (χ4v) is 3.28. The highest BCUT2D eigenvalue weighted by atomic mass is 79.9. The summed E-state index contributed by atoms with van der Waals surface area (Å²) in [6.45, 7) is 1.89.